The molecular formula is C10H20N4O2S. The maximum atomic E-state index is 12.3. The van der Waals surface area contributed by atoms with Crippen LogP contribution in [0.15, 0.2) is 11.1 Å². The highest BCUT2D eigenvalue weighted by atomic mass is 32.2. The van der Waals surface area contributed by atoms with Crippen molar-refractivity contribution in [3.63, 3.8) is 0 Å². The van der Waals surface area contributed by atoms with E-state index in [4.69, 9.17) is 5.73 Å². The first-order chi connectivity index (χ1) is 7.93. The van der Waals surface area contributed by atoms with E-state index in [1.165, 1.54) is 10.5 Å². The van der Waals surface area contributed by atoms with Gasteiger partial charge in [0.05, 0.1) is 11.9 Å². The Morgan fingerprint density at radius 2 is 2.24 bits per heavy atom. The van der Waals surface area contributed by atoms with E-state index in [0.717, 1.165) is 0 Å². The van der Waals surface area contributed by atoms with Crippen molar-refractivity contribution in [3.8, 4) is 0 Å². The number of aromatic amines is 1. The molecule has 0 aromatic carbocycles. The number of hydrogen-bond acceptors (Lipinski definition) is 4. The molecule has 0 saturated carbocycles. The van der Waals surface area contributed by atoms with Crippen molar-refractivity contribution in [2.24, 2.45) is 11.7 Å². The zero-order valence-corrected chi connectivity index (χ0v) is 11.3. The van der Waals surface area contributed by atoms with E-state index in [1.807, 2.05) is 13.8 Å². The summed E-state index contributed by atoms with van der Waals surface area (Å²) >= 11 is 0. The molecule has 1 aromatic rings. The van der Waals surface area contributed by atoms with Gasteiger partial charge in [-0.25, -0.2) is 8.42 Å². The van der Waals surface area contributed by atoms with Crippen LogP contribution in [-0.2, 0) is 10.0 Å². The van der Waals surface area contributed by atoms with Crippen molar-refractivity contribution in [1.82, 2.24) is 14.5 Å². The average Bonchev–Trinajstić information content (AvgIpc) is 2.72. The third-order valence-corrected chi connectivity index (χ3v) is 4.73. The number of hydrogen-bond donors (Lipinski definition) is 2. The topological polar surface area (TPSA) is 92.1 Å². The van der Waals surface area contributed by atoms with Crippen LogP contribution in [0.1, 0.15) is 19.5 Å². The van der Waals surface area contributed by atoms with Crippen LogP contribution in [0.2, 0.25) is 0 Å². The molecule has 1 atom stereocenters. The number of nitrogens with zero attached hydrogens (tertiary/aromatic N) is 2. The van der Waals surface area contributed by atoms with Gasteiger partial charge in [-0.1, -0.05) is 13.8 Å². The molecule has 1 unspecified atom stereocenters. The maximum Gasteiger partial charge on any atom is 0.246 e. The quantitative estimate of drug-likeness (QED) is 0.770. The average molecular weight is 260 g/mol. The highest BCUT2D eigenvalue weighted by Crippen LogP contribution is 2.18. The summed E-state index contributed by atoms with van der Waals surface area (Å²) in [7, 11) is -3.46. The Balaban J connectivity index is 2.99. The van der Waals surface area contributed by atoms with Gasteiger partial charge < -0.3 is 5.73 Å². The molecule has 0 radical (unpaired) electrons. The Morgan fingerprint density at radius 3 is 2.65 bits per heavy atom. The lowest BCUT2D eigenvalue weighted by Gasteiger charge is -2.22. The predicted molar refractivity (Wildman–Crippen MR) is 66.0 cm³/mol. The van der Waals surface area contributed by atoms with Crippen LogP contribution in [0.25, 0.3) is 0 Å². The lowest BCUT2D eigenvalue weighted by molar-refractivity contribution is 0.371. The first-order valence-electron chi connectivity index (χ1n) is 5.63. The van der Waals surface area contributed by atoms with E-state index in [-0.39, 0.29) is 10.8 Å². The van der Waals surface area contributed by atoms with Crippen molar-refractivity contribution in [2.45, 2.75) is 25.7 Å². The summed E-state index contributed by atoms with van der Waals surface area (Å²) in [5, 5.41) is 6.39. The molecule has 1 aromatic heterocycles. The van der Waals surface area contributed by atoms with Gasteiger partial charge in [0.1, 0.15) is 4.90 Å². The molecule has 0 fully saturated rings. The number of aryl methyl sites for hydroxylation is 1. The van der Waals surface area contributed by atoms with Crippen LogP contribution in [0.5, 0.6) is 0 Å². The fourth-order valence-electron chi connectivity index (χ4n) is 1.56. The number of nitrogens with two attached hydrogens (primary N) is 1. The van der Waals surface area contributed by atoms with E-state index in [9.17, 15) is 8.42 Å². The fraction of sp³-hybridized carbons (Fsp3) is 0.700. The minimum atomic E-state index is -3.46. The summed E-state index contributed by atoms with van der Waals surface area (Å²) < 4.78 is 26.1. The molecule has 3 N–H and O–H groups in total. The first-order valence-corrected chi connectivity index (χ1v) is 7.07. The molecule has 98 valence electrons. The summed E-state index contributed by atoms with van der Waals surface area (Å²) in [6, 6.07) is 0. The molecule has 0 aliphatic carbocycles. The number of H-pyrrole nitrogens is 1. The van der Waals surface area contributed by atoms with Crippen molar-refractivity contribution in [1.29, 1.82) is 0 Å². The second kappa shape index (κ2) is 5.61. The Morgan fingerprint density at radius 1 is 1.59 bits per heavy atom. The molecule has 17 heavy (non-hydrogen) atoms. The molecular weight excluding hydrogens is 240 g/mol. The second-order valence-electron chi connectivity index (χ2n) is 4.16. The van der Waals surface area contributed by atoms with Gasteiger partial charge in [-0.15, -0.1) is 0 Å². The molecule has 0 amide bonds. The van der Waals surface area contributed by atoms with Gasteiger partial charge in [0.15, 0.2) is 0 Å². The van der Waals surface area contributed by atoms with Crippen molar-refractivity contribution in [2.75, 3.05) is 19.6 Å². The van der Waals surface area contributed by atoms with E-state index >= 15 is 0 Å². The van der Waals surface area contributed by atoms with Crippen molar-refractivity contribution in [3.05, 3.63) is 11.9 Å². The van der Waals surface area contributed by atoms with E-state index in [2.05, 4.69) is 10.2 Å². The standard InChI is InChI=1S/C10H20N4O2S/c1-4-14(7-8(2)5-11)17(15,16)10-6-12-13-9(10)3/h6,8H,4-5,7,11H2,1-3H3,(H,12,13). The minimum Gasteiger partial charge on any atom is -0.330 e. The van der Waals surface area contributed by atoms with Crippen LogP contribution in [0.3, 0.4) is 0 Å². The van der Waals surface area contributed by atoms with E-state index in [1.54, 1.807) is 6.92 Å². The second-order valence-corrected chi connectivity index (χ2v) is 6.06. The van der Waals surface area contributed by atoms with Crippen LogP contribution in [0.4, 0.5) is 0 Å². The molecule has 0 bridgehead atoms. The predicted octanol–water partition coefficient (Wildman–Crippen LogP) is 0.324. The van der Waals surface area contributed by atoms with Crippen LogP contribution in [-0.4, -0.2) is 42.6 Å². The minimum absolute atomic E-state index is 0.136. The molecule has 1 rings (SSSR count). The van der Waals surface area contributed by atoms with Gasteiger partial charge in [0.25, 0.3) is 0 Å². The van der Waals surface area contributed by atoms with Gasteiger partial charge >= 0.3 is 0 Å². The Bertz CT molecular complexity index is 455. The van der Waals surface area contributed by atoms with Crippen LogP contribution < -0.4 is 5.73 Å². The summed E-state index contributed by atoms with van der Waals surface area (Å²) in [6.45, 7) is 6.77. The summed E-state index contributed by atoms with van der Waals surface area (Å²) in [4.78, 5) is 0.239. The smallest absolute Gasteiger partial charge is 0.246 e. The molecule has 0 spiro atoms. The molecule has 0 aliphatic heterocycles. The molecule has 1 heterocycles. The van der Waals surface area contributed by atoms with Crippen molar-refractivity contribution < 1.29 is 8.42 Å². The third kappa shape index (κ3) is 3.05. The van der Waals surface area contributed by atoms with Crippen LogP contribution in [0, 0.1) is 12.8 Å². The summed E-state index contributed by atoms with van der Waals surface area (Å²) in [6.07, 6.45) is 1.35. The third-order valence-electron chi connectivity index (χ3n) is 2.67. The SMILES string of the molecule is CCN(CC(C)CN)S(=O)(=O)c1cn[nH]c1C. The first kappa shape index (κ1) is 14.1. The largest absolute Gasteiger partial charge is 0.330 e. The molecule has 0 saturated heterocycles. The van der Waals surface area contributed by atoms with E-state index < -0.39 is 10.0 Å². The zero-order chi connectivity index (χ0) is 13.1. The van der Waals surface area contributed by atoms with Gasteiger partial charge in [0, 0.05) is 13.1 Å². The zero-order valence-electron chi connectivity index (χ0n) is 10.5. The molecule has 6 nitrogen and oxygen atoms in total. The Hall–Kier alpha value is -0.920. The van der Waals surface area contributed by atoms with Gasteiger partial charge in [-0.05, 0) is 19.4 Å². The molecule has 7 heteroatoms. The lowest BCUT2D eigenvalue weighted by atomic mass is 10.2. The van der Waals surface area contributed by atoms with Gasteiger partial charge in [-0.2, -0.15) is 9.40 Å². The van der Waals surface area contributed by atoms with E-state index in [0.29, 0.717) is 25.3 Å². The monoisotopic (exact) mass is 260 g/mol. The highest BCUT2D eigenvalue weighted by molar-refractivity contribution is 7.89. The van der Waals surface area contributed by atoms with Gasteiger partial charge in [-0.3, -0.25) is 5.10 Å². The molecule has 0 aliphatic rings. The summed E-state index contributed by atoms with van der Waals surface area (Å²) in [5.41, 5.74) is 6.09. The Kier molecular flexibility index (Phi) is 4.67. The number of nitrogens with one attached hydrogen (secondary N) is 1. The van der Waals surface area contributed by atoms with Crippen LogP contribution >= 0.6 is 0 Å². The number of rotatable bonds is 6. The van der Waals surface area contributed by atoms with Gasteiger partial charge in [0.2, 0.25) is 10.0 Å². The normalized spacial score (nSPS) is 14.2. The van der Waals surface area contributed by atoms with Crippen molar-refractivity contribution >= 4 is 10.0 Å². The highest BCUT2D eigenvalue weighted by Gasteiger charge is 2.26. The Labute approximate surface area is 102 Å². The fourth-order valence-corrected chi connectivity index (χ4v) is 3.25. The maximum absolute atomic E-state index is 12.3. The lowest BCUT2D eigenvalue weighted by Crippen LogP contribution is -2.36. The summed E-state index contributed by atoms with van der Waals surface area (Å²) in [5.74, 6) is 0.136. The number of aromatic nitrogens is 2. The number of sulfonamides is 1.